The molecule has 1 heterocycles. The van der Waals surface area contributed by atoms with Gasteiger partial charge in [-0.05, 0) is 49.6 Å². The van der Waals surface area contributed by atoms with Crippen LogP contribution in [0.4, 0.5) is 0 Å². The van der Waals surface area contributed by atoms with Gasteiger partial charge >= 0.3 is 0 Å². The molecule has 1 fully saturated rings. The maximum absolute atomic E-state index is 12.6. The van der Waals surface area contributed by atoms with Crippen LogP contribution in [-0.2, 0) is 11.3 Å². The lowest BCUT2D eigenvalue weighted by Crippen LogP contribution is -2.33. The van der Waals surface area contributed by atoms with Gasteiger partial charge in [0.15, 0.2) is 0 Å². The standard InChI is InChI=1S/C18H20N2OS/c1-14-2-6-17(7-3-14)22-13-18(21)20(16-4-5-16)12-15-8-10-19-11-9-15/h2-3,6-11,16H,4-5,12-13H2,1H3. The van der Waals surface area contributed by atoms with Crippen LogP contribution in [0.3, 0.4) is 0 Å². The van der Waals surface area contributed by atoms with Crippen LogP contribution in [0.15, 0.2) is 53.7 Å². The Labute approximate surface area is 135 Å². The lowest BCUT2D eigenvalue weighted by molar-refractivity contribution is -0.129. The van der Waals surface area contributed by atoms with E-state index in [1.54, 1.807) is 24.2 Å². The molecule has 0 saturated heterocycles. The van der Waals surface area contributed by atoms with Crippen molar-refractivity contribution in [2.24, 2.45) is 0 Å². The smallest absolute Gasteiger partial charge is 0.233 e. The van der Waals surface area contributed by atoms with Crippen LogP contribution in [0, 0.1) is 6.92 Å². The van der Waals surface area contributed by atoms with E-state index in [-0.39, 0.29) is 5.91 Å². The highest BCUT2D eigenvalue weighted by Crippen LogP contribution is 2.29. The van der Waals surface area contributed by atoms with Gasteiger partial charge in [0, 0.05) is 29.9 Å². The van der Waals surface area contributed by atoms with E-state index >= 15 is 0 Å². The van der Waals surface area contributed by atoms with E-state index in [1.807, 2.05) is 17.0 Å². The zero-order valence-corrected chi connectivity index (χ0v) is 13.6. The van der Waals surface area contributed by atoms with E-state index in [1.165, 1.54) is 5.56 Å². The second-order valence-corrected chi connectivity index (χ2v) is 6.76. The molecule has 3 nitrogen and oxygen atoms in total. The molecule has 0 bridgehead atoms. The monoisotopic (exact) mass is 312 g/mol. The van der Waals surface area contributed by atoms with Crippen molar-refractivity contribution in [3.05, 3.63) is 59.9 Å². The van der Waals surface area contributed by atoms with E-state index in [9.17, 15) is 4.79 Å². The van der Waals surface area contributed by atoms with Gasteiger partial charge < -0.3 is 4.90 Å². The summed E-state index contributed by atoms with van der Waals surface area (Å²) in [5.74, 6) is 0.731. The lowest BCUT2D eigenvalue weighted by Gasteiger charge is -2.22. The summed E-state index contributed by atoms with van der Waals surface area (Å²) in [6.45, 7) is 2.77. The van der Waals surface area contributed by atoms with Gasteiger partial charge in [-0.25, -0.2) is 0 Å². The molecule has 1 aliphatic carbocycles. The molecule has 0 atom stereocenters. The summed E-state index contributed by atoms with van der Waals surface area (Å²) in [7, 11) is 0. The maximum Gasteiger partial charge on any atom is 0.233 e. The molecule has 1 aromatic heterocycles. The predicted octanol–water partition coefficient (Wildman–Crippen LogP) is 3.67. The number of rotatable bonds is 6. The molecule has 1 aliphatic rings. The highest BCUT2D eigenvalue weighted by Gasteiger charge is 2.32. The van der Waals surface area contributed by atoms with Crippen LogP contribution in [0.25, 0.3) is 0 Å². The number of carbonyl (C=O) groups is 1. The number of amides is 1. The fraction of sp³-hybridized carbons (Fsp3) is 0.333. The van der Waals surface area contributed by atoms with Crippen molar-refractivity contribution in [2.75, 3.05) is 5.75 Å². The average molecular weight is 312 g/mol. The topological polar surface area (TPSA) is 33.2 Å². The number of thioether (sulfide) groups is 1. The summed E-state index contributed by atoms with van der Waals surface area (Å²) < 4.78 is 0. The fourth-order valence-corrected chi connectivity index (χ4v) is 3.14. The van der Waals surface area contributed by atoms with Gasteiger partial charge in [0.05, 0.1) is 5.75 Å². The zero-order valence-electron chi connectivity index (χ0n) is 12.7. The van der Waals surface area contributed by atoms with Crippen LogP contribution in [-0.4, -0.2) is 27.6 Å². The number of aromatic nitrogens is 1. The van der Waals surface area contributed by atoms with Crippen molar-refractivity contribution in [3.63, 3.8) is 0 Å². The minimum absolute atomic E-state index is 0.227. The molecule has 1 amide bonds. The van der Waals surface area contributed by atoms with Crippen molar-refractivity contribution in [2.45, 2.75) is 37.2 Å². The summed E-state index contributed by atoms with van der Waals surface area (Å²) in [5, 5.41) is 0. The second-order valence-electron chi connectivity index (χ2n) is 5.71. The molecule has 0 radical (unpaired) electrons. The van der Waals surface area contributed by atoms with E-state index in [0.29, 0.717) is 18.3 Å². The molecule has 1 saturated carbocycles. The molecule has 114 valence electrons. The van der Waals surface area contributed by atoms with Crippen molar-refractivity contribution < 1.29 is 4.79 Å². The number of carbonyl (C=O) groups excluding carboxylic acids is 1. The van der Waals surface area contributed by atoms with Crippen LogP contribution >= 0.6 is 11.8 Å². The molecular weight excluding hydrogens is 292 g/mol. The van der Waals surface area contributed by atoms with Gasteiger partial charge in [-0.2, -0.15) is 0 Å². The summed E-state index contributed by atoms with van der Waals surface area (Å²) >= 11 is 1.62. The first-order valence-corrected chi connectivity index (χ1v) is 8.59. The molecule has 0 unspecified atom stereocenters. The summed E-state index contributed by atoms with van der Waals surface area (Å²) in [6, 6.07) is 12.7. The number of hydrogen-bond acceptors (Lipinski definition) is 3. The average Bonchev–Trinajstić information content (AvgIpc) is 3.37. The van der Waals surface area contributed by atoms with Gasteiger partial charge in [0.1, 0.15) is 0 Å². The van der Waals surface area contributed by atoms with Gasteiger partial charge in [-0.15, -0.1) is 11.8 Å². The van der Waals surface area contributed by atoms with Crippen LogP contribution < -0.4 is 0 Å². The van der Waals surface area contributed by atoms with Crippen LogP contribution in [0.5, 0.6) is 0 Å². The van der Waals surface area contributed by atoms with Crippen molar-refractivity contribution in [1.29, 1.82) is 0 Å². The largest absolute Gasteiger partial charge is 0.335 e. The van der Waals surface area contributed by atoms with Gasteiger partial charge in [0.25, 0.3) is 0 Å². The SMILES string of the molecule is Cc1ccc(SCC(=O)N(Cc2ccncc2)C2CC2)cc1. The van der Waals surface area contributed by atoms with E-state index in [2.05, 4.69) is 36.2 Å². The molecule has 0 N–H and O–H groups in total. The van der Waals surface area contributed by atoms with Gasteiger partial charge in [-0.3, -0.25) is 9.78 Å². The summed E-state index contributed by atoms with van der Waals surface area (Å²) in [5.41, 5.74) is 2.39. The molecule has 3 rings (SSSR count). The lowest BCUT2D eigenvalue weighted by atomic mass is 10.2. The minimum Gasteiger partial charge on any atom is -0.335 e. The summed E-state index contributed by atoms with van der Waals surface area (Å²) in [4.78, 5) is 19.8. The number of pyridine rings is 1. The van der Waals surface area contributed by atoms with Crippen LogP contribution in [0.1, 0.15) is 24.0 Å². The second kappa shape index (κ2) is 6.97. The number of hydrogen-bond donors (Lipinski definition) is 0. The Morgan fingerprint density at radius 3 is 2.50 bits per heavy atom. The first-order valence-electron chi connectivity index (χ1n) is 7.60. The predicted molar refractivity (Wildman–Crippen MR) is 89.7 cm³/mol. The van der Waals surface area contributed by atoms with Crippen molar-refractivity contribution in [3.8, 4) is 0 Å². The van der Waals surface area contributed by atoms with E-state index < -0.39 is 0 Å². The molecule has 0 aliphatic heterocycles. The Balaban J connectivity index is 1.59. The molecule has 22 heavy (non-hydrogen) atoms. The quantitative estimate of drug-likeness (QED) is 0.763. The Morgan fingerprint density at radius 2 is 1.86 bits per heavy atom. The highest BCUT2D eigenvalue weighted by atomic mass is 32.2. The van der Waals surface area contributed by atoms with E-state index in [0.717, 1.165) is 23.3 Å². The third kappa shape index (κ3) is 4.10. The number of nitrogens with zero attached hydrogens (tertiary/aromatic N) is 2. The maximum atomic E-state index is 12.6. The number of benzene rings is 1. The first kappa shape index (κ1) is 15.1. The van der Waals surface area contributed by atoms with Crippen LogP contribution in [0.2, 0.25) is 0 Å². The Morgan fingerprint density at radius 1 is 1.18 bits per heavy atom. The Bertz CT molecular complexity index is 623. The molecule has 2 aromatic rings. The Kier molecular flexibility index (Phi) is 4.78. The zero-order chi connectivity index (χ0) is 15.4. The fourth-order valence-electron chi connectivity index (χ4n) is 2.35. The third-order valence-electron chi connectivity index (χ3n) is 3.79. The molecular formula is C18H20N2OS. The molecule has 4 heteroatoms. The van der Waals surface area contributed by atoms with Gasteiger partial charge in [-0.1, -0.05) is 17.7 Å². The Hall–Kier alpha value is -1.81. The van der Waals surface area contributed by atoms with Crippen molar-refractivity contribution >= 4 is 17.7 Å². The minimum atomic E-state index is 0.227. The number of aryl methyl sites for hydroxylation is 1. The van der Waals surface area contributed by atoms with Crippen molar-refractivity contribution in [1.82, 2.24) is 9.88 Å². The third-order valence-corrected chi connectivity index (χ3v) is 4.79. The highest BCUT2D eigenvalue weighted by molar-refractivity contribution is 8.00. The molecule has 1 aromatic carbocycles. The summed E-state index contributed by atoms with van der Waals surface area (Å²) in [6.07, 6.45) is 5.83. The first-order chi connectivity index (χ1) is 10.7. The molecule has 0 spiro atoms. The van der Waals surface area contributed by atoms with Gasteiger partial charge in [0.2, 0.25) is 5.91 Å². The normalized spacial score (nSPS) is 13.9. The van der Waals surface area contributed by atoms with E-state index in [4.69, 9.17) is 0 Å².